The molecule has 0 saturated carbocycles. The predicted molar refractivity (Wildman–Crippen MR) is 109 cm³/mol. The molecule has 1 heterocycles. The van der Waals surface area contributed by atoms with Crippen molar-refractivity contribution in [2.75, 3.05) is 10.9 Å². The standard InChI is InChI=1S/C20H17Cl2N3O3/c1-13(26)28-19-18(16(11-21)23-12-14-7-3-2-4-8-14)20(27)25(24-19)17-10-6-5-9-15(17)22/h2-10,23H,11-12H2,1H3/b18-16-. The number of alkyl halides is 1. The van der Waals surface area contributed by atoms with Crippen LogP contribution >= 0.6 is 23.2 Å². The first-order valence-corrected chi connectivity index (χ1v) is 9.35. The highest BCUT2D eigenvalue weighted by molar-refractivity contribution is 6.36. The summed E-state index contributed by atoms with van der Waals surface area (Å²) in [4.78, 5) is 24.6. The molecule has 144 valence electrons. The largest absolute Gasteiger partial charge is 0.405 e. The average Bonchev–Trinajstić information content (AvgIpc) is 2.99. The number of carbonyl (C=O) groups is 2. The van der Waals surface area contributed by atoms with Gasteiger partial charge >= 0.3 is 5.97 Å². The summed E-state index contributed by atoms with van der Waals surface area (Å²) in [5, 5.41) is 8.75. The molecule has 0 aliphatic carbocycles. The number of carbonyl (C=O) groups excluding carboxylic acids is 2. The van der Waals surface area contributed by atoms with E-state index < -0.39 is 11.9 Å². The first-order valence-electron chi connectivity index (χ1n) is 8.44. The molecule has 1 aliphatic heterocycles. The normalized spacial score (nSPS) is 15.3. The van der Waals surface area contributed by atoms with Crippen LogP contribution in [-0.2, 0) is 20.9 Å². The fourth-order valence-corrected chi connectivity index (χ4v) is 3.09. The van der Waals surface area contributed by atoms with Gasteiger partial charge in [-0.05, 0) is 17.7 Å². The summed E-state index contributed by atoms with van der Waals surface area (Å²) in [7, 11) is 0. The summed E-state index contributed by atoms with van der Waals surface area (Å²) in [5.74, 6) is -1.19. The Bertz CT molecular complexity index is 958. The van der Waals surface area contributed by atoms with Crippen LogP contribution in [0, 0.1) is 0 Å². The molecule has 8 heteroatoms. The van der Waals surface area contributed by atoms with E-state index in [-0.39, 0.29) is 17.4 Å². The lowest BCUT2D eigenvalue weighted by Crippen LogP contribution is -2.27. The lowest BCUT2D eigenvalue weighted by Gasteiger charge is -2.14. The van der Waals surface area contributed by atoms with Crippen LogP contribution in [0.3, 0.4) is 0 Å². The monoisotopic (exact) mass is 417 g/mol. The Morgan fingerprint density at radius 3 is 2.46 bits per heavy atom. The zero-order chi connectivity index (χ0) is 20.1. The smallest absolute Gasteiger partial charge is 0.309 e. The van der Waals surface area contributed by atoms with Crippen LogP contribution in [0.2, 0.25) is 5.02 Å². The van der Waals surface area contributed by atoms with E-state index in [9.17, 15) is 9.59 Å². The lowest BCUT2D eigenvalue weighted by molar-refractivity contribution is -0.132. The van der Waals surface area contributed by atoms with Crippen LogP contribution in [-0.4, -0.2) is 23.7 Å². The highest BCUT2D eigenvalue weighted by Crippen LogP contribution is 2.31. The van der Waals surface area contributed by atoms with Crippen molar-refractivity contribution in [1.29, 1.82) is 0 Å². The summed E-state index contributed by atoms with van der Waals surface area (Å²) >= 11 is 12.3. The van der Waals surface area contributed by atoms with Crippen molar-refractivity contribution in [2.24, 2.45) is 5.10 Å². The molecule has 28 heavy (non-hydrogen) atoms. The average molecular weight is 418 g/mol. The number of nitrogens with zero attached hydrogens (tertiary/aromatic N) is 2. The Hall–Kier alpha value is -2.83. The molecule has 0 spiro atoms. The second kappa shape index (κ2) is 8.91. The van der Waals surface area contributed by atoms with Crippen molar-refractivity contribution in [1.82, 2.24) is 5.32 Å². The van der Waals surface area contributed by atoms with Crippen molar-refractivity contribution in [3.63, 3.8) is 0 Å². The number of nitrogens with one attached hydrogen (secondary N) is 1. The zero-order valence-corrected chi connectivity index (χ0v) is 16.5. The minimum absolute atomic E-state index is 0.00452. The number of allylic oxidation sites excluding steroid dienone is 1. The van der Waals surface area contributed by atoms with Gasteiger partial charge in [0.25, 0.3) is 11.8 Å². The number of hydrazone groups is 1. The molecule has 2 aromatic carbocycles. The molecule has 0 radical (unpaired) electrons. The van der Waals surface area contributed by atoms with Gasteiger partial charge < -0.3 is 10.1 Å². The van der Waals surface area contributed by atoms with E-state index in [1.807, 2.05) is 30.3 Å². The third-order valence-corrected chi connectivity index (χ3v) is 4.50. The number of rotatable bonds is 5. The molecule has 2 aromatic rings. The molecule has 3 rings (SSSR count). The molecule has 0 bridgehead atoms. The molecule has 1 aliphatic rings. The van der Waals surface area contributed by atoms with Gasteiger partial charge in [-0.2, -0.15) is 5.01 Å². The van der Waals surface area contributed by atoms with E-state index in [0.717, 1.165) is 10.6 Å². The molecule has 0 atom stereocenters. The first kappa shape index (κ1) is 19.9. The SMILES string of the molecule is CC(=O)OC1=NN(c2ccccc2Cl)C(=O)/C1=C(/CCl)NCc1ccccc1. The number of para-hydroxylation sites is 1. The Labute approximate surface area is 172 Å². The quantitative estimate of drug-likeness (QED) is 0.455. The molecule has 0 saturated heterocycles. The maximum atomic E-state index is 13.1. The number of hydrogen-bond acceptors (Lipinski definition) is 5. The molecular weight excluding hydrogens is 401 g/mol. The summed E-state index contributed by atoms with van der Waals surface area (Å²) in [6.07, 6.45) is 0. The Morgan fingerprint density at radius 2 is 1.82 bits per heavy atom. The summed E-state index contributed by atoms with van der Waals surface area (Å²) in [6, 6.07) is 16.4. The Balaban J connectivity index is 1.97. The highest BCUT2D eigenvalue weighted by atomic mass is 35.5. The molecule has 6 nitrogen and oxygen atoms in total. The van der Waals surface area contributed by atoms with E-state index in [4.69, 9.17) is 27.9 Å². The highest BCUT2D eigenvalue weighted by Gasteiger charge is 2.37. The number of hydrogen-bond donors (Lipinski definition) is 1. The molecule has 1 amide bonds. The minimum Gasteiger partial charge on any atom is -0.405 e. The Kier molecular flexibility index (Phi) is 6.34. The number of halogens is 2. The second-order valence-corrected chi connectivity index (χ2v) is 6.57. The van der Waals surface area contributed by atoms with Gasteiger partial charge in [0.15, 0.2) is 0 Å². The lowest BCUT2D eigenvalue weighted by atomic mass is 10.1. The van der Waals surface area contributed by atoms with E-state index in [1.165, 1.54) is 6.92 Å². The maximum Gasteiger partial charge on any atom is 0.309 e. The fraction of sp³-hybridized carbons (Fsp3) is 0.150. The number of ether oxygens (including phenoxy) is 1. The third kappa shape index (κ3) is 4.35. The third-order valence-electron chi connectivity index (χ3n) is 3.92. The summed E-state index contributed by atoms with van der Waals surface area (Å²) in [5.41, 5.74) is 1.89. The van der Waals surface area contributed by atoms with Gasteiger partial charge in [0.05, 0.1) is 16.6 Å². The van der Waals surface area contributed by atoms with E-state index in [0.29, 0.717) is 23.0 Å². The van der Waals surface area contributed by atoms with Crippen molar-refractivity contribution in [3.8, 4) is 0 Å². The molecule has 1 N–H and O–H groups in total. The van der Waals surface area contributed by atoms with Crippen LogP contribution in [0.5, 0.6) is 0 Å². The van der Waals surface area contributed by atoms with Gasteiger partial charge in [0.2, 0.25) is 0 Å². The molecule has 0 aromatic heterocycles. The van der Waals surface area contributed by atoms with Gasteiger partial charge in [-0.15, -0.1) is 16.7 Å². The second-order valence-electron chi connectivity index (χ2n) is 5.89. The minimum atomic E-state index is -0.595. The number of amides is 1. The van der Waals surface area contributed by atoms with Gasteiger partial charge in [-0.1, -0.05) is 54.1 Å². The van der Waals surface area contributed by atoms with E-state index >= 15 is 0 Å². The van der Waals surface area contributed by atoms with Crippen LogP contribution in [0.4, 0.5) is 5.69 Å². The number of esters is 1. The first-order chi connectivity index (χ1) is 13.5. The molecule has 0 unspecified atom stereocenters. The van der Waals surface area contributed by atoms with Gasteiger partial charge in [0.1, 0.15) is 5.57 Å². The zero-order valence-electron chi connectivity index (χ0n) is 15.0. The van der Waals surface area contributed by atoms with Crippen molar-refractivity contribution >= 4 is 46.7 Å². The van der Waals surface area contributed by atoms with Crippen molar-refractivity contribution < 1.29 is 14.3 Å². The summed E-state index contributed by atoms with van der Waals surface area (Å²) in [6.45, 7) is 1.68. The number of benzene rings is 2. The molecule has 0 fully saturated rings. The van der Waals surface area contributed by atoms with Crippen LogP contribution in [0.1, 0.15) is 12.5 Å². The topological polar surface area (TPSA) is 71.0 Å². The van der Waals surface area contributed by atoms with Crippen LogP contribution in [0.15, 0.2) is 71.0 Å². The van der Waals surface area contributed by atoms with E-state index in [1.54, 1.807) is 24.3 Å². The van der Waals surface area contributed by atoms with E-state index in [2.05, 4.69) is 10.4 Å². The molecular formula is C20H17Cl2N3O3. The maximum absolute atomic E-state index is 13.1. The van der Waals surface area contributed by atoms with Crippen molar-refractivity contribution in [3.05, 3.63) is 76.5 Å². The predicted octanol–water partition coefficient (Wildman–Crippen LogP) is 3.85. The van der Waals surface area contributed by atoms with Crippen LogP contribution < -0.4 is 10.3 Å². The fourth-order valence-electron chi connectivity index (χ4n) is 2.64. The van der Waals surface area contributed by atoms with Gasteiger partial charge in [0, 0.05) is 19.2 Å². The summed E-state index contributed by atoms with van der Waals surface area (Å²) < 4.78 is 5.17. The Morgan fingerprint density at radius 1 is 1.14 bits per heavy atom. The van der Waals surface area contributed by atoms with Crippen molar-refractivity contribution in [2.45, 2.75) is 13.5 Å². The number of anilines is 1. The van der Waals surface area contributed by atoms with Crippen LogP contribution in [0.25, 0.3) is 0 Å². The van der Waals surface area contributed by atoms with Gasteiger partial charge in [-0.3, -0.25) is 9.59 Å². The van der Waals surface area contributed by atoms with Gasteiger partial charge in [-0.25, -0.2) is 0 Å².